The molecule has 0 radical (unpaired) electrons. The van der Waals surface area contributed by atoms with Crippen molar-refractivity contribution in [2.75, 3.05) is 25.5 Å². The lowest BCUT2D eigenvalue weighted by Crippen LogP contribution is -2.42. The third-order valence-corrected chi connectivity index (χ3v) is 5.02. The van der Waals surface area contributed by atoms with Crippen LogP contribution >= 0.6 is 11.3 Å². The average molecular weight is 355 g/mol. The zero-order chi connectivity index (χ0) is 17.2. The Morgan fingerprint density at radius 2 is 2.24 bits per heavy atom. The van der Waals surface area contributed by atoms with Crippen LogP contribution in [-0.2, 0) is 6.54 Å². The van der Waals surface area contributed by atoms with Crippen LogP contribution in [0.15, 0.2) is 29.9 Å². The highest BCUT2D eigenvalue weighted by atomic mass is 32.1. The summed E-state index contributed by atoms with van der Waals surface area (Å²) in [5.41, 5.74) is 2.21. The molecule has 1 N–H and O–H groups in total. The summed E-state index contributed by atoms with van der Waals surface area (Å²) in [6.07, 6.45) is 4.46. The van der Waals surface area contributed by atoms with Crippen molar-refractivity contribution in [1.82, 2.24) is 19.9 Å². The standard InChI is InChI=1S/C17H17N5O2S/c1-24-12-7-11(8-18-10-12)9-19-17-20-13-3-6-25-15(13)14(21-17)16(23)22-4-2-5-22/h3,6-8,10H,2,4-5,9H2,1H3,(H,19,20,21). The molecule has 0 unspecified atom stereocenters. The highest BCUT2D eigenvalue weighted by molar-refractivity contribution is 7.17. The Bertz CT molecular complexity index is 922. The first kappa shape index (κ1) is 15.8. The first-order chi connectivity index (χ1) is 12.2. The van der Waals surface area contributed by atoms with E-state index in [4.69, 9.17) is 4.74 Å². The van der Waals surface area contributed by atoms with Gasteiger partial charge in [-0.3, -0.25) is 9.78 Å². The van der Waals surface area contributed by atoms with Crippen molar-refractivity contribution in [2.24, 2.45) is 0 Å². The monoisotopic (exact) mass is 355 g/mol. The van der Waals surface area contributed by atoms with Gasteiger partial charge in [0.25, 0.3) is 5.91 Å². The number of fused-ring (bicyclic) bond motifs is 1. The van der Waals surface area contributed by atoms with E-state index in [9.17, 15) is 4.79 Å². The number of carbonyl (C=O) groups excluding carboxylic acids is 1. The summed E-state index contributed by atoms with van der Waals surface area (Å²) in [6.45, 7) is 2.10. The third-order valence-electron chi connectivity index (χ3n) is 4.11. The maximum Gasteiger partial charge on any atom is 0.274 e. The van der Waals surface area contributed by atoms with E-state index >= 15 is 0 Å². The quantitative estimate of drug-likeness (QED) is 0.758. The molecule has 8 heteroatoms. The van der Waals surface area contributed by atoms with Crippen molar-refractivity contribution in [1.29, 1.82) is 0 Å². The molecule has 4 rings (SSSR count). The van der Waals surface area contributed by atoms with Gasteiger partial charge in [-0.25, -0.2) is 9.97 Å². The van der Waals surface area contributed by atoms with Crippen LogP contribution in [0.2, 0.25) is 0 Å². The molecule has 3 aromatic heterocycles. The van der Waals surface area contributed by atoms with Crippen LogP contribution in [-0.4, -0.2) is 46.0 Å². The van der Waals surface area contributed by atoms with Crippen LogP contribution in [0, 0.1) is 0 Å². The van der Waals surface area contributed by atoms with Gasteiger partial charge in [-0.2, -0.15) is 0 Å². The lowest BCUT2D eigenvalue weighted by molar-refractivity contribution is 0.0648. The Kier molecular flexibility index (Phi) is 4.19. The lowest BCUT2D eigenvalue weighted by atomic mass is 10.2. The van der Waals surface area contributed by atoms with Crippen LogP contribution in [0.25, 0.3) is 10.2 Å². The van der Waals surface area contributed by atoms with E-state index in [0.717, 1.165) is 35.3 Å². The van der Waals surface area contributed by atoms with Gasteiger partial charge in [-0.05, 0) is 29.5 Å². The number of anilines is 1. The number of nitrogens with zero attached hydrogens (tertiary/aromatic N) is 4. The molecule has 7 nitrogen and oxygen atoms in total. The van der Waals surface area contributed by atoms with Crippen LogP contribution in [0.3, 0.4) is 0 Å². The fourth-order valence-corrected chi connectivity index (χ4v) is 3.42. The summed E-state index contributed by atoms with van der Waals surface area (Å²) >= 11 is 1.50. The van der Waals surface area contributed by atoms with Gasteiger partial charge < -0.3 is 15.0 Å². The molecule has 1 aliphatic heterocycles. The number of carbonyl (C=O) groups is 1. The van der Waals surface area contributed by atoms with Crippen LogP contribution in [0.5, 0.6) is 5.75 Å². The number of amides is 1. The molecule has 1 fully saturated rings. The van der Waals surface area contributed by atoms with Gasteiger partial charge in [-0.15, -0.1) is 11.3 Å². The molecule has 1 amide bonds. The molecule has 0 aliphatic carbocycles. The van der Waals surface area contributed by atoms with E-state index < -0.39 is 0 Å². The molecule has 0 aromatic carbocycles. The average Bonchev–Trinajstić information content (AvgIpc) is 3.06. The molecule has 1 saturated heterocycles. The highest BCUT2D eigenvalue weighted by Crippen LogP contribution is 2.26. The van der Waals surface area contributed by atoms with Gasteiger partial charge >= 0.3 is 0 Å². The van der Waals surface area contributed by atoms with E-state index in [-0.39, 0.29) is 5.91 Å². The highest BCUT2D eigenvalue weighted by Gasteiger charge is 2.25. The van der Waals surface area contributed by atoms with Crippen LogP contribution in [0.1, 0.15) is 22.5 Å². The molecule has 1 aliphatic rings. The first-order valence-electron chi connectivity index (χ1n) is 8.01. The van der Waals surface area contributed by atoms with Gasteiger partial charge in [0.1, 0.15) is 5.75 Å². The summed E-state index contributed by atoms with van der Waals surface area (Å²) in [5.74, 6) is 1.12. The number of pyridine rings is 1. The van der Waals surface area contributed by atoms with E-state index in [1.54, 1.807) is 19.5 Å². The fraction of sp³-hybridized carbons (Fsp3) is 0.294. The van der Waals surface area contributed by atoms with E-state index in [1.165, 1.54) is 11.3 Å². The number of methoxy groups -OCH3 is 1. The van der Waals surface area contributed by atoms with Crippen molar-refractivity contribution in [3.8, 4) is 5.75 Å². The minimum atomic E-state index is -0.0211. The predicted octanol–water partition coefficient (Wildman–Crippen LogP) is 2.55. The van der Waals surface area contributed by atoms with Crippen molar-refractivity contribution >= 4 is 33.4 Å². The second-order valence-electron chi connectivity index (χ2n) is 5.76. The number of rotatable bonds is 5. The van der Waals surface area contributed by atoms with Gasteiger partial charge in [0, 0.05) is 25.8 Å². The van der Waals surface area contributed by atoms with Gasteiger partial charge in [0.2, 0.25) is 5.95 Å². The molecule has 0 spiro atoms. The van der Waals surface area contributed by atoms with Crippen LogP contribution < -0.4 is 10.1 Å². The molecule has 25 heavy (non-hydrogen) atoms. The Labute approximate surface area is 148 Å². The second-order valence-corrected chi connectivity index (χ2v) is 6.68. The molecule has 128 valence electrons. The molecule has 0 atom stereocenters. The number of hydrogen-bond donors (Lipinski definition) is 1. The third kappa shape index (κ3) is 3.12. The van der Waals surface area contributed by atoms with E-state index in [2.05, 4.69) is 20.3 Å². The van der Waals surface area contributed by atoms with Crippen molar-refractivity contribution < 1.29 is 9.53 Å². The zero-order valence-corrected chi connectivity index (χ0v) is 14.5. The number of ether oxygens (including phenoxy) is 1. The molecule has 0 bridgehead atoms. The van der Waals surface area contributed by atoms with E-state index in [0.29, 0.717) is 23.9 Å². The van der Waals surface area contributed by atoms with Crippen molar-refractivity contribution in [3.05, 3.63) is 41.2 Å². The Balaban J connectivity index is 1.59. The summed E-state index contributed by atoms with van der Waals surface area (Å²) in [6, 6.07) is 3.81. The van der Waals surface area contributed by atoms with E-state index in [1.807, 2.05) is 22.4 Å². The fourth-order valence-electron chi connectivity index (χ4n) is 2.61. The molecule has 0 saturated carbocycles. The molecular formula is C17H17N5O2S. The number of thiophene rings is 1. The zero-order valence-electron chi connectivity index (χ0n) is 13.7. The minimum absolute atomic E-state index is 0.0211. The predicted molar refractivity (Wildman–Crippen MR) is 96.1 cm³/mol. The SMILES string of the molecule is COc1cncc(CNc2nc(C(=O)N3CCC3)c3sccc3n2)c1. The normalized spacial score (nSPS) is 13.6. The Morgan fingerprint density at radius 1 is 1.36 bits per heavy atom. The number of nitrogens with one attached hydrogen (secondary N) is 1. The topological polar surface area (TPSA) is 80.2 Å². The van der Waals surface area contributed by atoms with Crippen molar-refractivity contribution in [3.63, 3.8) is 0 Å². The van der Waals surface area contributed by atoms with Crippen LogP contribution in [0.4, 0.5) is 5.95 Å². The first-order valence-corrected chi connectivity index (χ1v) is 8.89. The smallest absolute Gasteiger partial charge is 0.274 e. The summed E-state index contributed by atoms with van der Waals surface area (Å²) < 4.78 is 6.02. The summed E-state index contributed by atoms with van der Waals surface area (Å²) in [5, 5.41) is 5.11. The number of aromatic nitrogens is 3. The van der Waals surface area contributed by atoms with Gasteiger partial charge in [0.05, 0.1) is 23.5 Å². The molecule has 4 heterocycles. The lowest BCUT2D eigenvalue weighted by Gasteiger charge is -2.30. The van der Waals surface area contributed by atoms with Gasteiger partial charge in [-0.1, -0.05) is 0 Å². The maximum atomic E-state index is 12.6. The molecule has 3 aromatic rings. The molecular weight excluding hydrogens is 338 g/mol. The summed E-state index contributed by atoms with van der Waals surface area (Å²) in [4.78, 5) is 27.6. The maximum absolute atomic E-state index is 12.6. The minimum Gasteiger partial charge on any atom is -0.495 e. The van der Waals surface area contributed by atoms with Gasteiger partial charge in [0.15, 0.2) is 5.69 Å². The Morgan fingerprint density at radius 3 is 3.00 bits per heavy atom. The number of hydrogen-bond acceptors (Lipinski definition) is 7. The second kappa shape index (κ2) is 6.64. The van der Waals surface area contributed by atoms with Crippen molar-refractivity contribution in [2.45, 2.75) is 13.0 Å². The number of likely N-dealkylation sites (tertiary alicyclic amines) is 1. The summed E-state index contributed by atoms with van der Waals surface area (Å²) in [7, 11) is 1.61. The Hall–Kier alpha value is -2.74. The largest absolute Gasteiger partial charge is 0.495 e.